The first-order valence-electron chi connectivity index (χ1n) is 9.85. The van der Waals surface area contributed by atoms with E-state index in [2.05, 4.69) is 5.32 Å². The number of carbonyl (C=O) groups excluding carboxylic acids is 1. The number of hydrogen-bond donors (Lipinski definition) is 1. The number of sulfonamides is 1. The van der Waals surface area contributed by atoms with Gasteiger partial charge in [0, 0.05) is 19.5 Å². The van der Waals surface area contributed by atoms with Gasteiger partial charge in [0.1, 0.15) is 11.5 Å². The predicted octanol–water partition coefficient (Wildman–Crippen LogP) is 3.00. The minimum Gasteiger partial charge on any atom is -0.497 e. The lowest BCUT2D eigenvalue weighted by Gasteiger charge is -2.24. The van der Waals surface area contributed by atoms with Crippen molar-refractivity contribution in [2.75, 3.05) is 37.9 Å². The monoisotopic (exact) mass is 434 g/mol. The Labute approximate surface area is 179 Å². The van der Waals surface area contributed by atoms with Gasteiger partial charge in [0.2, 0.25) is 15.9 Å². The average molecular weight is 435 g/mol. The number of rotatable bonds is 12. The quantitative estimate of drug-likeness (QED) is 0.519. The summed E-state index contributed by atoms with van der Waals surface area (Å²) in [4.78, 5) is 12.1. The molecule has 0 fully saturated rings. The predicted molar refractivity (Wildman–Crippen MR) is 119 cm³/mol. The second-order valence-electron chi connectivity index (χ2n) is 6.92. The number of benzene rings is 2. The SMILES string of the molecule is COc1cccc(CCCNC(=O)CCCN(c2ccccc2OC)S(C)(=O)=O)c1. The molecule has 2 aromatic carbocycles. The molecule has 0 atom stereocenters. The van der Waals surface area contributed by atoms with Gasteiger partial charge in [0.05, 0.1) is 26.2 Å². The number of para-hydroxylation sites is 2. The summed E-state index contributed by atoms with van der Waals surface area (Å²) < 4.78 is 36.2. The van der Waals surface area contributed by atoms with Crippen molar-refractivity contribution in [1.29, 1.82) is 0 Å². The zero-order valence-electron chi connectivity index (χ0n) is 17.8. The fourth-order valence-corrected chi connectivity index (χ4v) is 4.09. The number of carbonyl (C=O) groups is 1. The lowest BCUT2D eigenvalue weighted by Crippen LogP contribution is -2.32. The number of nitrogens with one attached hydrogen (secondary N) is 1. The van der Waals surface area contributed by atoms with Crippen LogP contribution in [-0.4, -0.2) is 47.9 Å². The second-order valence-corrected chi connectivity index (χ2v) is 8.82. The molecule has 0 aromatic heterocycles. The van der Waals surface area contributed by atoms with Gasteiger partial charge in [-0.3, -0.25) is 9.10 Å². The molecule has 30 heavy (non-hydrogen) atoms. The van der Waals surface area contributed by atoms with Crippen molar-refractivity contribution in [3.05, 3.63) is 54.1 Å². The van der Waals surface area contributed by atoms with Gasteiger partial charge in [-0.25, -0.2) is 8.42 Å². The van der Waals surface area contributed by atoms with E-state index >= 15 is 0 Å². The van der Waals surface area contributed by atoms with Crippen molar-refractivity contribution in [1.82, 2.24) is 5.32 Å². The average Bonchev–Trinajstić information content (AvgIpc) is 2.73. The number of nitrogens with zero attached hydrogens (tertiary/aromatic N) is 1. The molecule has 0 saturated heterocycles. The topological polar surface area (TPSA) is 84.9 Å². The lowest BCUT2D eigenvalue weighted by atomic mass is 10.1. The van der Waals surface area contributed by atoms with Crippen molar-refractivity contribution >= 4 is 21.6 Å². The van der Waals surface area contributed by atoms with Crippen molar-refractivity contribution in [3.63, 3.8) is 0 Å². The van der Waals surface area contributed by atoms with Crippen LogP contribution in [0, 0.1) is 0 Å². The third-order valence-electron chi connectivity index (χ3n) is 4.62. The molecule has 1 N–H and O–H groups in total. The molecule has 0 aliphatic carbocycles. The Balaban J connectivity index is 1.79. The summed E-state index contributed by atoms with van der Waals surface area (Å²) in [7, 11) is -0.359. The molecule has 0 aliphatic rings. The fourth-order valence-electron chi connectivity index (χ4n) is 3.12. The summed E-state index contributed by atoms with van der Waals surface area (Å²) in [5.41, 5.74) is 1.63. The number of hydrogen-bond acceptors (Lipinski definition) is 5. The van der Waals surface area contributed by atoms with E-state index in [0.717, 1.165) is 30.4 Å². The Morgan fingerprint density at radius 1 is 1.03 bits per heavy atom. The van der Waals surface area contributed by atoms with Gasteiger partial charge in [-0.1, -0.05) is 24.3 Å². The molecule has 8 heteroatoms. The Morgan fingerprint density at radius 3 is 2.50 bits per heavy atom. The van der Waals surface area contributed by atoms with Gasteiger partial charge >= 0.3 is 0 Å². The minimum atomic E-state index is -3.49. The van der Waals surface area contributed by atoms with Gasteiger partial charge in [-0.2, -0.15) is 0 Å². The highest BCUT2D eigenvalue weighted by molar-refractivity contribution is 7.92. The van der Waals surface area contributed by atoms with Crippen LogP contribution in [0.25, 0.3) is 0 Å². The number of methoxy groups -OCH3 is 2. The normalized spacial score (nSPS) is 11.0. The summed E-state index contributed by atoms with van der Waals surface area (Å²) in [6, 6.07) is 14.8. The first-order chi connectivity index (χ1) is 14.3. The molecule has 0 heterocycles. The lowest BCUT2D eigenvalue weighted by molar-refractivity contribution is -0.121. The van der Waals surface area contributed by atoms with Gasteiger partial charge in [-0.15, -0.1) is 0 Å². The van der Waals surface area contributed by atoms with Crippen LogP contribution in [0.1, 0.15) is 24.8 Å². The smallest absolute Gasteiger partial charge is 0.232 e. The molecule has 164 valence electrons. The molecular weight excluding hydrogens is 404 g/mol. The van der Waals surface area contributed by atoms with Crippen LogP contribution in [0.15, 0.2) is 48.5 Å². The molecule has 0 aliphatic heterocycles. The van der Waals surface area contributed by atoms with E-state index in [9.17, 15) is 13.2 Å². The summed E-state index contributed by atoms with van der Waals surface area (Å²) in [6.45, 7) is 0.773. The summed E-state index contributed by atoms with van der Waals surface area (Å²) in [5, 5.41) is 2.89. The maximum absolute atomic E-state index is 12.2. The first-order valence-corrected chi connectivity index (χ1v) is 11.7. The van der Waals surface area contributed by atoms with Crippen LogP contribution >= 0.6 is 0 Å². The highest BCUT2D eigenvalue weighted by Crippen LogP contribution is 2.29. The van der Waals surface area contributed by atoms with Crippen molar-refractivity contribution in [2.45, 2.75) is 25.7 Å². The molecule has 7 nitrogen and oxygen atoms in total. The molecule has 0 radical (unpaired) electrons. The van der Waals surface area contributed by atoms with Gasteiger partial charge in [0.15, 0.2) is 0 Å². The third kappa shape index (κ3) is 7.26. The molecule has 1 amide bonds. The van der Waals surface area contributed by atoms with Crippen molar-refractivity contribution in [2.24, 2.45) is 0 Å². The van der Waals surface area contributed by atoms with E-state index in [1.54, 1.807) is 31.4 Å². The van der Waals surface area contributed by atoms with Crippen LogP contribution in [-0.2, 0) is 21.2 Å². The number of anilines is 1. The van der Waals surface area contributed by atoms with Gasteiger partial charge < -0.3 is 14.8 Å². The Kier molecular flexibility index (Phi) is 8.98. The zero-order chi connectivity index (χ0) is 22.0. The second kappa shape index (κ2) is 11.4. The van der Waals surface area contributed by atoms with E-state index in [1.807, 2.05) is 24.3 Å². The summed E-state index contributed by atoms with van der Waals surface area (Å²) >= 11 is 0. The summed E-state index contributed by atoms with van der Waals surface area (Å²) in [6.07, 6.45) is 3.47. The Bertz CT molecular complexity index is 931. The van der Waals surface area contributed by atoms with Crippen LogP contribution in [0.2, 0.25) is 0 Å². The number of ether oxygens (including phenoxy) is 2. The van der Waals surface area contributed by atoms with Gasteiger partial charge in [0.25, 0.3) is 0 Å². The van der Waals surface area contributed by atoms with E-state index in [1.165, 1.54) is 11.4 Å². The molecular formula is C22H30N2O5S. The molecule has 0 unspecified atom stereocenters. The number of aryl methyl sites for hydroxylation is 1. The van der Waals surface area contributed by atoms with E-state index < -0.39 is 10.0 Å². The Hall–Kier alpha value is -2.74. The maximum Gasteiger partial charge on any atom is 0.232 e. The minimum absolute atomic E-state index is 0.0888. The van der Waals surface area contributed by atoms with Crippen molar-refractivity contribution in [3.8, 4) is 11.5 Å². The third-order valence-corrected chi connectivity index (χ3v) is 5.80. The van der Waals surface area contributed by atoms with E-state index in [-0.39, 0.29) is 18.9 Å². The Morgan fingerprint density at radius 2 is 1.80 bits per heavy atom. The maximum atomic E-state index is 12.2. The highest BCUT2D eigenvalue weighted by atomic mass is 32.2. The highest BCUT2D eigenvalue weighted by Gasteiger charge is 2.20. The molecule has 0 spiro atoms. The molecule has 2 rings (SSSR count). The molecule has 2 aromatic rings. The van der Waals surface area contributed by atoms with E-state index in [4.69, 9.17) is 9.47 Å². The summed E-state index contributed by atoms with van der Waals surface area (Å²) in [5.74, 6) is 1.21. The fraction of sp³-hybridized carbons (Fsp3) is 0.409. The van der Waals surface area contributed by atoms with Crippen LogP contribution in [0.4, 0.5) is 5.69 Å². The van der Waals surface area contributed by atoms with Crippen molar-refractivity contribution < 1.29 is 22.7 Å². The van der Waals surface area contributed by atoms with Gasteiger partial charge in [-0.05, 0) is 49.1 Å². The van der Waals surface area contributed by atoms with Crippen LogP contribution in [0.3, 0.4) is 0 Å². The largest absolute Gasteiger partial charge is 0.497 e. The first kappa shape index (κ1) is 23.5. The van der Waals surface area contributed by atoms with E-state index in [0.29, 0.717) is 24.4 Å². The molecule has 0 saturated carbocycles. The molecule has 0 bridgehead atoms. The zero-order valence-corrected chi connectivity index (χ0v) is 18.6. The number of amides is 1. The standard InChI is InChI=1S/C22H30N2O5S/c1-28-19-11-6-9-18(17-19)10-7-15-23-22(25)14-8-16-24(30(3,26)27)20-12-4-5-13-21(20)29-2/h4-6,9,11-13,17H,7-8,10,14-16H2,1-3H3,(H,23,25). The van der Waals surface area contributed by atoms with Crippen LogP contribution in [0.5, 0.6) is 11.5 Å². The van der Waals surface area contributed by atoms with Crippen LogP contribution < -0.4 is 19.1 Å².